The number of rotatable bonds is 6. The molecule has 96 valence electrons. The highest BCUT2D eigenvalue weighted by Crippen LogP contribution is 2.11. The third-order valence-electron chi connectivity index (χ3n) is 1.93. The van der Waals surface area contributed by atoms with Crippen LogP contribution < -0.4 is 11.1 Å². The molecule has 1 aromatic rings. The smallest absolute Gasteiger partial charge is 0.158 e. The average Bonchev–Trinajstić information content (AvgIpc) is 2.22. The number of hydrogen-bond acceptors (Lipinski definition) is 6. The minimum absolute atomic E-state index is 0.332. The van der Waals surface area contributed by atoms with Crippen molar-refractivity contribution in [1.29, 1.82) is 0 Å². The van der Waals surface area contributed by atoms with E-state index in [2.05, 4.69) is 15.3 Å². The molecule has 0 fully saturated rings. The highest BCUT2D eigenvalue weighted by Gasteiger charge is 2.12. The first-order valence-electron chi connectivity index (χ1n) is 5.58. The molecule has 0 spiro atoms. The number of aromatic nitrogens is 2. The van der Waals surface area contributed by atoms with E-state index in [0.29, 0.717) is 37.2 Å². The Bertz CT molecular complexity index is 363. The summed E-state index contributed by atoms with van der Waals surface area (Å²) >= 11 is 0. The number of anilines is 2. The second kappa shape index (κ2) is 5.79. The van der Waals surface area contributed by atoms with Crippen LogP contribution in [0.1, 0.15) is 26.6 Å². The van der Waals surface area contributed by atoms with Crippen LogP contribution in [0.25, 0.3) is 0 Å². The maximum atomic E-state index is 9.60. The van der Waals surface area contributed by atoms with Crippen LogP contribution in [0.4, 0.5) is 11.6 Å². The fourth-order valence-corrected chi connectivity index (χ4v) is 1.17. The summed E-state index contributed by atoms with van der Waals surface area (Å²) < 4.78 is 5.22. The van der Waals surface area contributed by atoms with Gasteiger partial charge < -0.3 is 20.9 Å². The van der Waals surface area contributed by atoms with Gasteiger partial charge in [0.1, 0.15) is 18.2 Å². The number of nitrogens with two attached hydrogens (primary N) is 1. The molecule has 17 heavy (non-hydrogen) atoms. The number of aliphatic hydroxyl groups is 1. The van der Waals surface area contributed by atoms with Crippen LogP contribution in [-0.2, 0) is 11.3 Å². The van der Waals surface area contributed by atoms with Crippen LogP contribution in [0.2, 0.25) is 0 Å². The molecule has 6 nitrogen and oxygen atoms in total. The third kappa shape index (κ3) is 5.46. The third-order valence-corrected chi connectivity index (χ3v) is 1.93. The van der Waals surface area contributed by atoms with Gasteiger partial charge in [-0.25, -0.2) is 9.97 Å². The second-order valence-electron chi connectivity index (χ2n) is 4.40. The first kappa shape index (κ1) is 13.7. The Morgan fingerprint density at radius 1 is 1.47 bits per heavy atom. The summed E-state index contributed by atoms with van der Waals surface area (Å²) in [4.78, 5) is 8.29. The van der Waals surface area contributed by atoms with Gasteiger partial charge in [0.15, 0.2) is 5.82 Å². The Morgan fingerprint density at radius 3 is 2.76 bits per heavy atom. The van der Waals surface area contributed by atoms with Gasteiger partial charge in [-0.3, -0.25) is 0 Å². The van der Waals surface area contributed by atoms with Crippen molar-refractivity contribution in [1.82, 2.24) is 9.97 Å². The van der Waals surface area contributed by atoms with Crippen LogP contribution >= 0.6 is 0 Å². The highest BCUT2D eigenvalue weighted by atomic mass is 16.5. The standard InChI is InChI=1S/C11H20N4O2/c1-4-17-6-10-14-8(12)5-9(15-10)13-7-11(2,3)16/h5,16H,4,6-7H2,1-3H3,(H3,12,13,14,15). The zero-order valence-corrected chi connectivity index (χ0v) is 10.5. The predicted octanol–water partition coefficient (Wildman–Crippen LogP) is 0.778. The molecule has 0 saturated heterocycles. The van der Waals surface area contributed by atoms with Gasteiger partial charge in [-0.1, -0.05) is 0 Å². The van der Waals surface area contributed by atoms with Gasteiger partial charge in [0, 0.05) is 19.2 Å². The van der Waals surface area contributed by atoms with E-state index in [-0.39, 0.29) is 0 Å². The van der Waals surface area contributed by atoms with Gasteiger partial charge in [0.2, 0.25) is 0 Å². The van der Waals surface area contributed by atoms with Gasteiger partial charge in [0.25, 0.3) is 0 Å². The molecule has 0 aliphatic carbocycles. The molecule has 0 amide bonds. The van der Waals surface area contributed by atoms with Crippen molar-refractivity contribution >= 4 is 11.6 Å². The fraction of sp³-hybridized carbons (Fsp3) is 0.636. The van der Waals surface area contributed by atoms with Gasteiger partial charge in [-0.2, -0.15) is 0 Å². The van der Waals surface area contributed by atoms with E-state index >= 15 is 0 Å². The lowest BCUT2D eigenvalue weighted by Gasteiger charge is -2.18. The fourth-order valence-electron chi connectivity index (χ4n) is 1.17. The summed E-state index contributed by atoms with van der Waals surface area (Å²) in [7, 11) is 0. The summed E-state index contributed by atoms with van der Waals surface area (Å²) in [5.41, 5.74) is 4.86. The minimum atomic E-state index is -0.806. The largest absolute Gasteiger partial charge is 0.389 e. The van der Waals surface area contributed by atoms with Crippen molar-refractivity contribution in [2.75, 3.05) is 24.2 Å². The minimum Gasteiger partial charge on any atom is -0.389 e. The zero-order valence-electron chi connectivity index (χ0n) is 10.5. The average molecular weight is 240 g/mol. The van der Waals surface area contributed by atoms with Crippen molar-refractivity contribution in [3.8, 4) is 0 Å². The van der Waals surface area contributed by atoms with Crippen molar-refractivity contribution in [2.24, 2.45) is 0 Å². The van der Waals surface area contributed by atoms with Crippen LogP contribution in [0, 0.1) is 0 Å². The van der Waals surface area contributed by atoms with E-state index in [0.717, 1.165) is 0 Å². The van der Waals surface area contributed by atoms with Gasteiger partial charge in [-0.05, 0) is 20.8 Å². The Morgan fingerprint density at radius 2 is 2.18 bits per heavy atom. The topological polar surface area (TPSA) is 93.3 Å². The lowest BCUT2D eigenvalue weighted by molar-refractivity contribution is 0.0944. The van der Waals surface area contributed by atoms with Crippen molar-refractivity contribution in [3.63, 3.8) is 0 Å². The molecule has 0 unspecified atom stereocenters. The summed E-state index contributed by atoms with van der Waals surface area (Å²) in [6.07, 6.45) is 0. The SMILES string of the molecule is CCOCc1nc(N)cc(NCC(C)(C)O)n1. The molecule has 0 aromatic carbocycles. The normalized spacial score (nSPS) is 11.5. The quantitative estimate of drug-likeness (QED) is 0.680. The van der Waals surface area contributed by atoms with Crippen molar-refractivity contribution in [3.05, 3.63) is 11.9 Å². The lowest BCUT2D eigenvalue weighted by Crippen LogP contribution is -2.29. The van der Waals surface area contributed by atoms with Crippen LogP contribution in [-0.4, -0.2) is 33.8 Å². The van der Waals surface area contributed by atoms with Crippen LogP contribution in [0.3, 0.4) is 0 Å². The Hall–Kier alpha value is -1.40. The Kier molecular flexibility index (Phi) is 4.65. The molecule has 0 saturated carbocycles. The van der Waals surface area contributed by atoms with Gasteiger partial charge in [0.05, 0.1) is 5.60 Å². The van der Waals surface area contributed by atoms with E-state index in [1.54, 1.807) is 19.9 Å². The number of hydrogen-bond donors (Lipinski definition) is 3. The molecule has 6 heteroatoms. The van der Waals surface area contributed by atoms with E-state index < -0.39 is 5.60 Å². The zero-order chi connectivity index (χ0) is 12.9. The maximum absolute atomic E-state index is 9.60. The van der Waals surface area contributed by atoms with E-state index in [1.807, 2.05) is 6.92 Å². The van der Waals surface area contributed by atoms with Crippen molar-refractivity contribution in [2.45, 2.75) is 33.0 Å². The van der Waals surface area contributed by atoms with Gasteiger partial charge >= 0.3 is 0 Å². The molecule has 0 aliphatic heterocycles. The maximum Gasteiger partial charge on any atom is 0.158 e. The van der Waals surface area contributed by atoms with E-state index in [1.165, 1.54) is 0 Å². The second-order valence-corrected chi connectivity index (χ2v) is 4.40. The molecule has 0 radical (unpaired) electrons. The van der Waals surface area contributed by atoms with Gasteiger partial charge in [-0.15, -0.1) is 0 Å². The molecule has 1 heterocycles. The van der Waals surface area contributed by atoms with Crippen LogP contribution in [0.15, 0.2) is 6.07 Å². The van der Waals surface area contributed by atoms with Crippen molar-refractivity contribution < 1.29 is 9.84 Å². The molecular formula is C11H20N4O2. The molecule has 0 atom stereocenters. The highest BCUT2D eigenvalue weighted by molar-refractivity contribution is 5.44. The molecular weight excluding hydrogens is 220 g/mol. The molecule has 1 rings (SSSR count). The number of nitrogens with one attached hydrogen (secondary N) is 1. The van der Waals surface area contributed by atoms with Crippen LogP contribution in [0.5, 0.6) is 0 Å². The molecule has 1 aromatic heterocycles. The van der Waals surface area contributed by atoms with E-state index in [4.69, 9.17) is 10.5 Å². The summed E-state index contributed by atoms with van der Waals surface area (Å²) in [6.45, 7) is 6.65. The molecule has 0 bridgehead atoms. The number of nitrogens with zero attached hydrogens (tertiary/aromatic N) is 2. The number of nitrogen functional groups attached to an aromatic ring is 1. The molecule has 0 aliphatic rings. The predicted molar refractivity (Wildman–Crippen MR) is 66.6 cm³/mol. The Balaban J connectivity index is 2.68. The first-order chi connectivity index (χ1) is 7.90. The summed E-state index contributed by atoms with van der Waals surface area (Å²) in [5.74, 6) is 1.51. The van der Waals surface area contributed by atoms with E-state index in [9.17, 15) is 5.11 Å². The first-order valence-corrected chi connectivity index (χ1v) is 5.58. The summed E-state index contributed by atoms with van der Waals surface area (Å²) in [5, 5.41) is 12.6. The Labute approximate surface area is 101 Å². The summed E-state index contributed by atoms with van der Waals surface area (Å²) in [6, 6.07) is 1.63. The monoisotopic (exact) mass is 240 g/mol. The molecule has 4 N–H and O–H groups in total. The number of ether oxygens (including phenoxy) is 1. The lowest BCUT2D eigenvalue weighted by atomic mass is 10.1.